The Labute approximate surface area is 166 Å². The van der Waals surface area contributed by atoms with Gasteiger partial charge in [-0.2, -0.15) is 0 Å². The van der Waals surface area contributed by atoms with E-state index in [4.69, 9.17) is 9.47 Å². The van der Waals surface area contributed by atoms with Crippen LogP contribution in [0.4, 0.5) is 10.1 Å². The molecule has 1 fully saturated rings. The molecule has 0 radical (unpaired) electrons. The molecule has 1 aliphatic rings. The summed E-state index contributed by atoms with van der Waals surface area (Å²) in [7, 11) is 0. The first-order valence-electron chi connectivity index (χ1n) is 9.36. The topological polar surface area (TPSA) is 93.6 Å². The summed E-state index contributed by atoms with van der Waals surface area (Å²) in [6.07, 6.45) is 4.77. The Morgan fingerprint density at radius 2 is 2.07 bits per heavy atom. The summed E-state index contributed by atoms with van der Waals surface area (Å²) in [5.41, 5.74) is -0.00562. The molecule has 8 heteroatoms. The van der Waals surface area contributed by atoms with Gasteiger partial charge < -0.3 is 19.9 Å². The average molecular weight is 397 g/mol. The largest absolute Gasteiger partial charge is 0.507 e. The molecule has 1 saturated heterocycles. The summed E-state index contributed by atoms with van der Waals surface area (Å²) < 4.78 is 25.0. The fraction of sp³-hybridized carbons (Fsp3) is 0.286. The Morgan fingerprint density at radius 1 is 1.24 bits per heavy atom. The van der Waals surface area contributed by atoms with Crippen molar-refractivity contribution in [3.63, 3.8) is 0 Å². The van der Waals surface area contributed by atoms with Gasteiger partial charge in [-0.25, -0.2) is 14.4 Å². The van der Waals surface area contributed by atoms with Gasteiger partial charge in [-0.1, -0.05) is 0 Å². The molecule has 1 aromatic carbocycles. The van der Waals surface area contributed by atoms with Gasteiger partial charge in [-0.3, -0.25) is 4.79 Å². The second-order valence-corrected chi connectivity index (χ2v) is 6.86. The van der Waals surface area contributed by atoms with E-state index in [2.05, 4.69) is 15.3 Å². The quantitative estimate of drug-likeness (QED) is 0.684. The highest BCUT2D eigenvalue weighted by Gasteiger charge is 2.18. The number of hydrogen-bond donors (Lipinski definition) is 2. The van der Waals surface area contributed by atoms with Crippen molar-refractivity contribution in [3.05, 3.63) is 54.2 Å². The Morgan fingerprint density at radius 3 is 2.86 bits per heavy atom. The molecule has 7 nitrogen and oxygen atoms in total. The van der Waals surface area contributed by atoms with E-state index in [1.54, 1.807) is 18.3 Å². The molecule has 2 aromatic heterocycles. The van der Waals surface area contributed by atoms with Gasteiger partial charge >= 0.3 is 0 Å². The standard InChI is InChI=1S/C21H20FN3O4/c22-16-2-1-6-23-19(16)20(27)25-15-10-14-3-7-24-21(18(14)17(26)11-15)29-12-13-4-8-28-9-5-13/h1-3,6-7,10-11,13,26H,4-5,8-9,12H2,(H,25,27). The van der Waals surface area contributed by atoms with Crippen LogP contribution in [0.1, 0.15) is 23.3 Å². The molecule has 0 atom stereocenters. The number of phenolic OH excluding ortho intramolecular Hbond substituents is 1. The Kier molecular flexibility index (Phi) is 5.53. The van der Waals surface area contributed by atoms with Crippen molar-refractivity contribution in [2.45, 2.75) is 12.8 Å². The maximum atomic E-state index is 13.8. The van der Waals surface area contributed by atoms with Crippen molar-refractivity contribution in [3.8, 4) is 11.6 Å². The number of amides is 1. The molecule has 1 aliphatic heterocycles. The van der Waals surface area contributed by atoms with Crippen LogP contribution in [-0.4, -0.2) is 40.8 Å². The van der Waals surface area contributed by atoms with E-state index in [-0.39, 0.29) is 11.4 Å². The normalized spacial score (nSPS) is 14.7. The molecule has 2 N–H and O–H groups in total. The van der Waals surface area contributed by atoms with Crippen molar-refractivity contribution in [1.29, 1.82) is 0 Å². The van der Waals surface area contributed by atoms with Crippen molar-refractivity contribution in [2.24, 2.45) is 5.92 Å². The number of halogens is 1. The third-order valence-electron chi connectivity index (χ3n) is 4.84. The highest BCUT2D eigenvalue weighted by molar-refractivity contribution is 6.05. The number of nitrogens with one attached hydrogen (secondary N) is 1. The highest BCUT2D eigenvalue weighted by atomic mass is 19.1. The minimum Gasteiger partial charge on any atom is -0.507 e. The van der Waals surface area contributed by atoms with Gasteiger partial charge in [0.05, 0.1) is 12.0 Å². The number of aromatic nitrogens is 2. The fourth-order valence-electron chi connectivity index (χ4n) is 3.30. The number of carbonyl (C=O) groups is 1. The summed E-state index contributed by atoms with van der Waals surface area (Å²) in [6, 6.07) is 7.31. The fourth-order valence-corrected chi connectivity index (χ4v) is 3.30. The molecule has 29 heavy (non-hydrogen) atoms. The zero-order valence-electron chi connectivity index (χ0n) is 15.6. The van der Waals surface area contributed by atoms with Crippen LogP contribution in [0, 0.1) is 11.7 Å². The number of carbonyl (C=O) groups excluding carboxylic acids is 1. The average Bonchev–Trinajstić information content (AvgIpc) is 2.73. The number of phenols is 1. The van der Waals surface area contributed by atoms with Crippen LogP contribution < -0.4 is 10.1 Å². The molecule has 4 rings (SSSR count). The smallest absolute Gasteiger partial charge is 0.277 e. The Hall–Kier alpha value is -3.26. The third-order valence-corrected chi connectivity index (χ3v) is 4.84. The van der Waals surface area contributed by atoms with Crippen molar-refractivity contribution in [2.75, 3.05) is 25.1 Å². The number of hydrogen-bond acceptors (Lipinski definition) is 6. The first-order chi connectivity index (χ1) is 14.1. The van der Waals surface area contributed by atoms with Gasteiger partial charge in [0.15, 0.2) is 11.5 Å². The number of rotatable bonds is 5. The van der Waals surface area contributed by atoms with Crippen LogP contribution >= 0.6 is 0 Å². The zero-order chi connectivity index (χ0) is 20.2. The molecule has 0 saturated carbocycles. The Balaban J connectivity index is 1.55. The van der Waals surface area contributed by atoms with E-state index in [1.165, 1.54) is 18.3 Å². The van der Waals surface area contributed by atoms with Gasteiger partial charge in [0.2, 0.25) is 5.88 Å². The highest BCUT2D eigenvalue weighted by Crippen LogP contribution is 2.35. The van der Waals surface area contributed by atoms with Gasteiger partial charge in [0.25, 0.3) is 5.91 Å². The van der Waals surface area contributed by atoms with Crippen molar-refractivity contribution >= 4 is 22.4 Å². The lowest BCUT2D eigenvalue weighted by Gasteiger charge is -2.22. The lowest BCUT2D eigenvalue weighted by molar-refractivity contribution is 0.0493. The number of nitrogens with zero attached hydrogens (tertiary/aromatic N) is 2. The van der Waals surface area contributed by atoms with E-state index in [1.807, 2.05) is 0 Å². The summed E-state index contributed by atoms with van der Waals surface area (Å²) in [5.74, 6) is -0.792. The second kappa shape index (κ2) is 8.40. The number of benzene rings is 1. The molecule has 0 bridgehead atoms. The third kappa shape index (κ3) is 4.27. The zero-order valence-corrected chi connectivity index (χ0v) is 15.6. The lowest BCUT2D eigenvalue weighted by atomic mass is 10.0. The molecule has 3 aromatic rings. The molecule has 0 unspecified atom stereocenters. The monoisotopic (exact) mass is 397 g/mol. The van der Waals surface area contributed by atoms with E-state index in [0.29, 0.717) is 34.9 Å². The van der Waals surface area contributed by atoms with Gasteiger partial charge in [-0.05, 0) is 48.4 Å². The SMILES string of the molecule is O=C(Nc1cc(O)c2c(OCC3CCOCC3)nccc2c1)c1ncccc1F. The predicted octanol–water partition coefficient (Wildman–Crippen LogP) is 3.53. The van der Waals surface area contributed by atoms with Gasteiger partial charge in [0, 0.05) is 37.4 Å². The number of anilines is 1. The molecule has 150 valence electrons. The molecular weight excluding hydrogens is 377 g/mol. The summed E-state index contributed by atoms with van der Waals surface area (Å²) in [6.45, 7) is 1.94. The first kappa shape index (κ1) is 19.1. The molecule has 0 spiro atoms. The first-order valence-corrected chi connectivity index (χ1v) is 9.36. The molecule has 1 amide bonds. The summed E-state index contributed by atoms with van der Waals surface area (Å²) in [4.78, 5) is 20.3. The number of fused-ring (bicyclic) bond motifs is 1. The van der Waals surface area contributed by atoms with E-state index < -0.39 is 11.7 Å². The second-order valence-electron chi connectivity index (χ2n) is 6.86. The maximum absolute atomic E-state index is 13.8. The lowest BCUT2D eigenvalue weighted by Crippen LogP contribution is -2.21. The van der Waals surface area contributed by atoms with Crippen LogP contribution in [-0.2, 0) is 4.74 Å². The summed E-state index contributed by atoms with van der Waals surface area (Å²) in [5, 5.41) is 14.2. The van der Waals surface area contributed by atoms with Crippen molar-refractivity contribution in [1.82, 2.24) is 9.97 Å². The van der Waals surface area contributed by atoms with E-state index in [9.17, 15) is 14.3 Å². The van der Waals surface area contributed by atoms with Gasteiger partial charge in [0.1, 0.15) is 5.75 Å². The van der Waals surface area contributed by atoms with Crippen LogP contribution in [0.3, 0.4) is 0 Å². The number of aromatic hydroxyl groups is 1. The van der Waals surface area contributed by atoms with Crippen LogP contribution in [0.5, 0.6) is 11.6 Å². The van der Waals surface area contributed by atoms with Crippen LogP contribution in [0.15, 0.2) is 42.7 Å². The summed E-state index contributed by atoms with van der Waals surface area (Å²) >= 11 is 0. The van der Waals surface area contributed by atoms with E-state index in [0.717, 1.165) is 32.1 Å². The van der Waals surface area contributed by atoms with Crippen LogP contribution in [0.2, 0.25) is 0 Å². The molecule has 3 heterocycles. The van der Waals surface area contributed by atoms with Crippen LogP contribution in [0.25, 0.3) is 10.8 Å². The number of pyridine rings is 2. The Bertz CT molecular complexity index is 1040. The number of ether oxygens (including phenoxy) is 2. The van der Waals surface area contributed by atoms with E-state index >= 15 is 0 Å². The predicted molar refractivity (Wildman–Crippen MR) is 105 cm³/mol. The van der Waals surface area contributed by atoms with Crippen molar-refractivity contribution < 1.29 is 23.8 Å². The minimum absolute atomic E-state index is 0.0885. The minimum atomic E-state index is -0.719. The molecule has 0 aliphatic carbocycles. The molecular formula is C21H20FN3O4. The maximum Gasteiger partial charge on any atom is 0.277 e. The van der Waals surface area contributed by atoms with Gasteiger partial charge in [-0.15, -0.1) is 0 Å².